The van der Waals surface area contributed by atoms with E-state index in [0.29, 0.717) is 12.3 Å². The lowest BCUT2D eigenvalue weighted by Gasteiger charge is -2.41. The molecule has 2 bridgehead atoms. The van der Waals surface area contributed by atoms with Crippen LogP contribution in [0.15, 0.2) is 0 Å². The van der Waals surface area contributed by atoms with Crippen LogP contribution in [0.5, 0.6) is 0 Å². The third-order valence-electron chi connectivity index (χ3n) is 3.99. The van der Waals surface area contributed by atoms with E-state index in [1.54, 1.807) is 0 Å². The van der Waals surface area contributed by atoms with Gasteiger partial charge in [0.2, 0.25) is 0 Å². The molecule has 0 aromatic carbocycles. The molecule has 1 N–H and O–H groups in total. The average Bonchev–Trinajstić information content (AvgIpc) is 2.38. The Bertz CT molecular complexity index is 371. The molecule has 16 heavy (non-hydrogen) atoms. The topological polar surface area (TPSA) is 57.6 Å². The van der Waals surface area contributed by atoms with Crippen LogP contribution in [0.2, 0.25) is 0 Å². The standard InChI is InChI=1S/C11H21NO3S/c1-11(2,3)12-6-8-4-9(7-12)10(5-8)16(13,14)15/h8-10H,4-7H2,1-3H3,(H,13,14,15). The van der Waals surface area contributed by atoms with E-state index in [1.165, 1.54) is 0 Å². The molecule has 1 saturated heterocycles. The van der Waals surface area contributed by atoms with Crippen molar-refractivity contribution in [1.82, 2.24) is 4.90 Å². The Balaban J connectivity index is 2.16. The summed E-state index contributed by atoms with van der Waals surface area (Å²) in [6.45, 7) is 8.22. The van der Waals surface area contributed by atoms with Crippen LogP contribution in [-0.2, 0) is 10.1 Å². The third-order valence-corrected chi connectivity index (χ3v) is 5.33. The first kappa shape index (κ1) is 12.3. The second kappa shape index (κ2) is 3.68. The van der Waals surface area contributed by atoms with Gasteiger partial charge in [-0.25, -0.2) is 0 Å². The van der Waals surface area contributed by atoms with E-state index in [4.69, 9.17) is 0 Å². The summed E-state index contributed by atoms with van der Waals surface area (Å²) in [7, 11) is -3.85. The van der Waals surface area contributed by atoms with Crippen LogP contribution in [0.25, 0.3) is 0 Å². The molecule has 94 valence electrons. The fourth-order valence-corrected chi connectivity index (χ4v) is 4.32. The Morgan fingerprint density at radius 1 is 1.19 bits per heavy atom. The molecule has 1 aliphatic heterocycles. The number of fused-ring (bicyclic) bond motifs is 2. The van der Waals surface area contributed by atoms with Crippen LogP contribution in [0.3, 0.4) is 0 Å². The maximum absolute atomic E-state index is 11.3. The van der Waals surface area contributed by atoms with Crippen molar-refractivity contribution in [3.63, 3.8) is 0 Å². The van der Waals surface area contributed by atoms with Gasteiger partial charge in [0.1, 0.15) is 0 Å². The maximum Gasteiger partial charge on any atom is 0.268 e. The van der Waals surface area contributed by atoms with Crippen molar-refractivity contribution in [2.75, 3.05) is 13.1 Å². The molecule has 0 spiro atoms. The summed E-state index contributed by atoms with van der Waals surface area (Å²) in [6.07, 6.45) is 1.59. The maximum atomic E-state index is 11.3. The highest BCUT2D eigenvalue weighted by atomic mass is 32.2. The number of piperidine rings is 1. The van der Waals surface area contributed by atoms with Crippen LogP contribution in [0.1, 0.15) is 33.6 Å². The van der Waals surface area contributed by atoms with E-state index in [0.717, 1.165) is 19.5 Å². The summed E-state index contributed by atoms with van der Waals surface area (Å²) in [5.41, 5.74) is 0.0883. The summed E-state index contributed by atoms with van der Waals surface area (Å²) < 4.78 is 31.7. The quantitative estimate of drug-likeness (QED) is 0.711. The average molecular weight is 247 g/mol. The molecule has 0 aromatic heterocycles. The molecule has 1 heterocycles. The molecule has 1 aliphatic carbocycles. The van der Waals surface area contributed by atoms with Crippen LogP contribution in [-0.4, -0.2) is 41.7 Å². The van der Waals surface area contributed by atoms with Gasteiger partial charge in [-0.1, -0.05) is 0 Å². The Hall–Kier alpha value is -0.130. The molecule has 5 heteroatoms. The Morgan fingerprint density at radius 3 is 2.31 bits per heavy atom. The SMILES string of the molecule is CC(C)(C)N1CC2CC(C1)C(S(=O)(=O)O)C2. The van der Waals surface area contributed by atoms with E-state index >= 15 is 0 Å². The summed E-state index contributed by atoms with van der Waals surface area (Å²) >= 11 is 0. The van der Waals surface area contributed by atoms with E-state index in [1.807, 2.05) is 0 Å². The lowest BCUT2D eigenvalue weighted by atomic mass is 9.94. The minimum atomic E-state index is -3.85. The highest BCUT2D eigenvalue weighted by Gasteiger charge is 2.47. The molecule has 4 nitrogen and oxygen atoms in total. The lowest BCUT2D eigenvalue weighted by Crippen LogP contribution is -2.48. The predicted octanol–water partition coefficient (Wildman–Crippen LogP) is 1.38. The van der Waals surface area contributed by atoms with E-state index < -0.39 is 15.4 Å². The molecular weight excluding hydrogens is 226 g/mol. The van der Waals surface area contributed by atoms with Crippen molar-refractivity contribution in [2.45, 2.75) is 44.4 Å². The van der Waals surface area contributed by atoms with Gasteiger partial charge in [-0.2, -0.15) is 8.42 Å². The van der Waals surface area contributed by atoms with Crippen molar-refractivity contribution in [3.8, 4) is 0 Å². The van der Waals surface area contributed by atoms with Crippen molar-refractivity contribution in [1.29, 1.82) is 0 Å². The third kappa shape index (κ3) is 2.26. The number of rotatable bonds is 1. The minimum Gasteiger partial charge on any atom is -0.298 e. The summed E-state index contributed by atoms with van der Waals surface area (Å²) in [5.74, 6) is 0.554. The normalized spacial score (nSPS) is 36.6. The van der Waals surface area contributed by atoms with Gasteiger partial charge >= 0.3 is 0 Å². The summed E-state index contributed by atoms with van der Waals surface area (Å²) in [4.78, 5) is 2.34. The first-order valence-electron chi connectivity index (χ1n) is 5.89. The minimum absolute atomic E-state index is 0.0883. The zero-order valence-electron chi connectivity index (χ0n) is 10.2. The Labute approximate surface area is 97.8 Å². The van der Waals surface area contributed by atoms with Gasteiger partial charge in [0.05, 0.1) is 5.25 Å². The highest BCUT2D eigenvalue weighted by Crippen LogP contribution is 2.41. The lowest BCUT2D eigenvalue weighted by molar-refractivity contribution is 0.0736. The van der Waals surface area contributed by atoms with Gasteiger partial charge in [0.15, 0.2) is 0 Å². The van der Waals surface area contributed by atoms with Crippen molar-refractivity contribution in [3.05, 3.63) is 0 Å². The molecule has 3 atom stereocenters. The number of likely N-dealkylation sites (tertiary alicyclic amines) is 1. The first-order valence-corrected chi connectivity index (χ1v) is 7.39. The molecule has 0 amide bonds. The Kier molecular flexibility index (Phi) is 2.84. The van der Waals surface area contributed by atoms with E-state index in [2.05, 4.69) is 25.7 Å². The van der Waals surface area contributed by atoms with Crippen LogP contribution >= 0.6 is 0 Å². The molecule has 2 fully saturated rings. The van der Waals surface area contributed by atoms with Gasteiger partial charge in [-0.3, -0.25) is 9.45 Å². The summed E-state index contributed by atoms with van der Waals surface area (Å²) in [6, 6.07) is 0. The fraction of sp³-hybridized carbons (Fsp3) is 1.00. The van der Waals surface area contributed by atoms with Crippen LogP contribution in [0.4, 0.5) is 0 Å². The number of hydrogen-bond acceptors (Lipinski definition) is 3. The molecule has 2 aliphatic rings. The first-order chi connectivity index (χ1) is 7.18. The zero-order valence-corrected chi connectivity index (χ0v) is 11.0. The fourth-order valence-electron chi connectivity index (χ4n) is 3.12. The molecule has 0 aromatic rings. The van der Waals surface area contributed by atoms with Gasteiger partial charge in [0, 0.05) is 18.6 Å². The number of hydrogen-bond donors (Lipinski definition) is 1. The van der Waals surface area contributed by atoms with Crippen LogP contribution < -0.4 is 0 Å². The summed E-state index contributed by atoms with van der Waals surface area (Å²) in [5, 5.41) is -0.523. The molecular formula is C11H21NO3S. The van der Waals surface area contributed by atoms with E-state index in [9.17, 15) is 13.0 Å². The predicted molar refractivity (Wildman–Crippen MR) is 62.9 cm³/mol. The zero-order chi connectivity index (χ0) is 12.1. The second-order valence-corrected chi connectivity index (χ2v) is 7.86. The molecule has 3 unspecified atom stereocenters. The van der Waals surface area contributed by atoms with Crippen molar-refractivity contribution >= 4 is 10.1 Å². The highest BCUT2D eigenvalue weighted by molar-refractivity contribution is 7.86. The smallest absolute Gasteiger partial charge is 0.268 e. The van der Waals surface area contributed by atoms with Crippen LogP contribution in [0, 0.1) is 11.8 Å². The molecule has 2 rings (SSSR count). The van der Waals surface area contributed by atoms with Gasteiger partial charge in [-0.05, 0) is 45.4 Å². The monoisotopic (exact) mass is 247 g/mol. The van der Waals surface area contributed by atoms with E-state index in [-0.39, 0.29) is 11.5 Å². The molecule has 0 radical (unpaired) electrons. The van der Waals surface area contributed by atoms with Gasteiger partial charge in [0.25, 0.3) is 10.1 Å². The van der Waals surface area contributed by atoms with Gasteiger partial charge in [-0.15, -0.1) is 0 Å². The van der Waals surface area contributed by atoms with Gasteiger partial charge < -0.3 is 0 Å². The number of nitrogens with zero attached hydrogens (tertiary/aromatic N) is 1. The van der Waals surface area contributed by atoms with Crippen molar-refractivity contribution in [2.24, 2.45) is 11.8 Å². The molecule has 1 saturated carbocycles. The largest absolute Gasteiger partial charge is 0.298 e. The Morgan fingerprint density at radius 2 is 1.81 bits per heavy atom. The van der Waals surface area contributed by atoms with Crippen molar-refractivity contribution < 1.29 is 13.0 Å². The second-order valence-electron chi connectivity index (χ2n) is 6.23.